The number of carbonyl (C=O) groups excluding carboxylic acids is 1. The van der Waals surface area contributed by atoms with Crippen LogP contribution in [0.1, 0.15) is 39.3 Å². The van der Waals surface area contributed by atoms with Gasteiger partial charge < -0.3 is 20.5 Å². The molecule has 0 fully saturated rings. The summed E-state index contributed by atoms with van der Waals surface area (Å²) >= 11 is 0. The van der Waals surface area contributed by atoms with Gasteiger partial charge in [-0.2, -0.15) is 0 Å². The van der Waals surface area contributed by atoms with Crippen LogP contribution in [-0.4, -0.2) is 25.7 Å². The number of nitrogens with two attached hydrogens (primary N) is 1. The van der Waals surface area contributed by atoms with Gasteiger partial charge in [0.05, 0.1) is 7.11 Å². The Labute approximate surface area is 126 Å². The van der Waals surface area contributed by atoms with Crippen LogP contribution in [0.5, 0.6) is 11.5 Å². The number of carbonyl (C=O) groups is 1. The predicted molar refractivity (Wildman–Crippen MR) is 83.5 cm³/mol. The molecule has 2 unspecified atom stereocenters. The molecule has 0 aliphatic heterocycles. The van der Waals surface area contributed by atoms with Crippen LogP contribution in [0.15, 0.2) is 18.2 Å². The molecule has 5 heteroatoms. The zero-order chi connectivity index (χ0) is 16.0. The summed E-state index contributed by atoms with van der Waals surface area (Å²) < 4.78 is 11.0. The molecule has 0 saturated heterocycles. The first-order chi connectivity index (χ1) is 9.85. The SMILES string of the molecule is COc1ccc(C(C)N)c(OC(C)C(=O)NCC(C)C)c1. The van der Waals surface area contributed by atoms with Crippen LogP contribution in [0, 0.1) is 5.92 Å². The second-order valence-corrected chi connectivity index (χ2v) is 5.59. The van der Waals surface area contributed by atoms with Crippen LogP contribution < -0.4 is 20.5 Å². The molecular formula is C16H26N2O3. The molecule has 1 aromatic rings. The van der Waals surface area contributed by atoms with E-state index in [-0.39, 0.29) is 11.9 Å². The largest absolute Gasteiger partial charge is 0.497 e. The molecule has 5 nitrogen and oxygen atoms in total. The van der Waals surface area contributed by atoms with Crippen LogP contribution in [0.3, 0.4) is 0 Å². The second-order valence-electron chi connectivity index (χ2n) is 5.59. The van der Waals surface area contributed by atoms with Gasteiger partial charge in [0, 0.05) is 24.2 Å². The van der Waals surface area contributed by atoms with E-state index in [1.165, 1.54) is 0 Å². The Morgan fingerprint density at radius 3 is 2.48 bits per heavy atom. The van der Waals surface area contributed by atoms with E-state index in [0.29, 0.717) is 24.0 Å². The summed E-state index contributed by atoms with van der Waals surface area (Å²) in [5, 5.41) is 2.85. The zero-order valence-corrected chi connectivity index (χ0v) is 13.5. The monoisotopic (exact) mass is 294 g/mol. The molecule has 118 valence electrons. The fraction of sp³-hybridized carbons (Fsp3) is 0.562. The minimum absolute atomic E-state index is 0.137. The maximum absolute atomic E-state index is 12.0. The average Bonchev–Trinajstić information content (AvgIpc) is 2.43. The molecule has 0 aliphatic carbocycles. The molecule has 0 saturated carbocycles. The van der Waals surface area contributed by atoms with E-state index in [2.05, 4.69) is 5.32 Å². The number of rotatable bonds is 7. The summed E-state index contributed by atoms with van der Waals surface area (Å²) in [6.07, 6.45) is -0.589. The van der Waals surface area contributed by atoms with Gasteiger partial charge in [0.25, 0.3) is 5.91 Å². The van der Waals surface area contributed by atoms with Crippen molar-refractivity contribution < 1.29 is 14.3 Å². The van der Waals surface area contributed by atoms with Crippen molar-refractivity contribution in [3.05, 3.63) is 23.8 Å². The van der Waals surface area contributed by atoms with Gasteiger partial charge in [-0.1, -0.05) is 19.9 Å². The van der Waals surface area contributed by atoms with Crippen molar-refractivity contribution in [2.45, 2.75) is 39.8 Å². The van der Waals surface area contributed by atoms with Crippen molar-refractivity contribution in [3.63, 3.8) is 0 Å². The first kappa shape index (κ1) is 17.3. The quantitative estimate of drug-likeness (QED) is 0.809. The summed E-state index contributed by atoms with van der Waals surface area (Å²) in [4.78, 5) is 12.0. The molecule has 0 bridgehead atoms. The van der Waals surface area contributed by atoms with Gasteiger partial charge in [-0.25, -0.2) is 0 Å². The van der Waals surface area contributed by atoms with E-state index in [1.807, 2.05) is 32.9 Å². The highest BCUT2D eigenvalue weighted by Crippen LogP contribution is 2.29. The summed E-state index contributed by atoms with van der Waals surface area (Å²) in [6, 6.07) is 5.26. The smallest absolute Gasteiger partial charge is 0.260 e. The average molecular weight is 294 g/mol. The highest BCUT2D eigenvalue weighted by Gasteiger charge is 2.18. The topological polar surface area (TPSA) is 73.6 Å². The lowest BCUT2D eigenvalue weighted by Gasteiger charge is -2.20. The van der Waals surface area contributed by atoms with Gasteiger partial charge in [-0.15, -0.1) is 0 Å². The zero-order valence-electron chi connectivity index (χ0n) is 13.5. The lowest BCUT2D eigenvalue weighted by Crippen LogP contribution is -2.38. The molecule has 0 aromatic heterocycles. The van der Waals surface area contributed by atoms with Crippen molar-refractivity contribution in [3.8, 4) is 11.5 Å². The minimum atomic E-state index is -0.589. The molecule has 0 heterocycles. The Hall–Kier alpha value is -1.75. The number of benzene rings is 1. The van der Waals surface area contributed by atoms with Crippen molar-refractivity contribution in [2.75, 3.05) is 13.7 Å². The Balaban J connectivity index is 2.82. The highest BCUT2D eigenvalue weighted by atomic mass is 16.5. The van der Waals surface area contributed by atoms with Crippen LogP contribution in [0.4, 0.5) is 0 Å². The van der Waals surface area contributed by atoms with E-state index in [0.717, 1.165) is 5.56 Å². The third-order valence-corrected chi connectivity index (χ3v) is 3.07. The number of ether oxygens (including phenoxy) is 2. The number of hydrogen-bond donors (Lipinski definition) is 2. The van der Waals surface area contributed by atoms with Crippen molar-refractivity contribution >= 4 is 5.91 Å². The van der Waals surface area contributed by atoms with Gasteiger partial charge in [0.1, 0.15) is 11.5 Å². The normalized spacial score (nSPS) is 13.7. The van der Waals surface area contributed by atoms with E-state index in [4.69, 9.17) is 15.2 Å². The number of hydrogen-bond acceptors (Lipinski definition) is 4. The highest BCUT2D eigenvalue weighted by molar-refractivity contribution is 5.80. The predicted octanol–water partition coefficient (Wildman–Crippen LogP) is 2.25. The Morgan fingerprint density at radius 1 is 1.29 bits per heavy atom. The van der Waals surface area contributed by atoms with E-state index in [1.54, 1.807) is 20.1 Å². The molecule has 0 radical (unpaired) electrons. The van der Waals surface area contributed by atoms with Gasteiger partial charge in [-0.05, 0) is 25.8 Å². The minimum Gasteiger partial charge on any atom is -0.497 e. The van der Waals surface area contributed by atoms with Crippen LogP contribution >= 0.6 is 0 Å². The second kappa shape index (κ2) is 7.88. The first-order valence-corrected chi connectivity index (χ1v) is 7.23. The maximum Gasteiger partial charge on any atom is 0.260 e. The fourth-order valence-corrected chi connectivity index (χ4v) is 1.81. The number of amides is 1. The lowest BCUT2D eigenvalue weighted by molar-refractivity contribution is -0.127. The Kier molecular flexibility index (Phi) is 6.49. The van der Waals surface area contributed by atoms with Gasteiger partial charge in [0.15, 0.2) is 6.10 Å². The molecule has 2 atom stereocenters. The van der Waals surface area contributed by atoms with Gasteiger partial charge in [0.2, 0.25) is 0 Å². The molecule has 0 aliphatic rings. The third kappa shape index (κ3) is 5.27. The maximum atomic E-state index is 12.0. The van der Waals surface area contributed by atoms with Crippen molar-refractivity contribution in [1.82, 2.24) is 5.32 Å². The molecule has 1 aromatic carbocycles. The van der Waals surface area contributed by atoms with Crippen LogP contribution in [-0.2, 0) is 4.79 Å². The summed E-state index contributed by atoms with van der Waals surface area (Å²) in [6.45, 7) is 8.31. The molecule has 0 spiro atoms. The summed E-state index contributed by atoms with van der Waals surface area (Å²) in [5.41, 5.74) is 6.78. The van der Waals surface area contributed by atoms with E-state index >= 15 is 0 Å². The van der Waals surface area contributed by atoms with E-state index < -0.39 is 6.10 Å². The van der Waals surface area contributed by atoms with Gasteiger partial charge >= 0.3 is 0 Å². The van der Waals surface area contributed by atoms with Crippen molar-refractivity contribution in [2.24, 2.45) is 11.7 Å². The van der Waals surface area contributed by atoms with Gasteiger partial charge in [-0.3, -0.25) is 4.79 Å². The third-order valence-electron chi connectivity index (χ3n) is 3.07. The first-order valence-electron chi connectivity index (χ1n) is 7.23. The summed E-state index contributed by atoms with van der Waals surface area (Å²) in [7, 11) is 1.59. The fourth-order valence-electron chi connectivity index (χ4n) is 1.81. The molecule has 3 N–H and O–H groups in total. The molecular weight excluding hydrogens is 268 g/mol. The number of nitrogens with one attached hydrogen (secondary N) is 1. The van der Waals surface area contributed by atoms with Crippen molar-refractivity contribution in [1.29, 1.82) is 0 Å². The summed E-state index contributed by atoms with van der Waals surface area (Å²) in [5.74, 6) is 1.51. The Morgan fingerprint density at radius 2 is 1.95 bits per heavy atom. The Bertz CT molecular complexity index is 473. The number of methoxy groups -OCH3 is 1. The van der Waals surface area contributed by atoms with Crippen LogP contribution in [0.2, 0.25) is 0 Å². The molecule has 21 heavy (non-hydrogen) atoms. The lowest BCUT2D eigenvalue weighted by atomic mass is 10.1. The van der Waals surface area contributed by atoms with E-state index in [9.17, 15) is 4.79 Å². The molecule has 1 amide bonds. The van der Waals surface area contributed by atoms with Crippen LogP contribution in [0.25, 0.3) is 0 Å². The molecule has 1 rings (SSSR count). The standard InChI is InChI=1S/C16H26N2O3/c1-10(2)9-18-16(19)12(4)21-15-8-13(20-5)6-7-14(15)11(3)17/h6-8,10-12H,9,17H2,1-5H3,(H,18,19).